The third kappa shape index (κ3) is 2.48. The molecule has 1 N–H and O–H groups in total. The minimum atomic E-state index is -0.668. The summed E-state index contributed by atoms with van der Waals surface area (Å²) in [6.07, 6.45) is 1.39. The van der Waals surface area contributed by atoms with E-state index in [1.54, 1.807) is 0 Å². The van der Waals surface area contributed by atoms with Crippen molar-refractivity contribution >= 4 is 15.9 Å². The van der Waals surface area contributed by atoms with E-state index in [0.717, 1.165) is 40.8 Å². The number of benzene rings is 2. The Morgan fingerprint density at radius 3 is 2.85 bits per heavy atom. The Bertz CT molecular complexity index is 637. The summed E-state index contributed by atoms with van der Waals surface area (Å²) in [5.41, 5.74) is 4.08. The first kappa shape index (κ1) is 13.7. The Kier molecular flexibility index (Phi) is 3.81. The zero-order valence-corrected chi connectivity index (χ0v) is 13.0. The lowest BCUT2D eigenvalue weighted by Gasteiger charge is -2.23. The summed E-state index contributed by atoms with van der Waals surface area (Å²) in [5.74, 6) is 0.860. The van der Waals surface area contributed by atoms with E-state index in [4.69, 9.17) is 4.74 Å². The smallest absolute Gasteiger partial charge is 0.128 e. The topological polar surface area (TPSA) is 29.5 Å². The molecule has 0 saturated heterocycles. The van der Waals surface area contributed by atoms with E-state index in [9.17, 15) is 5.11 Å². The monoisotopic (exact) mass is 332 g/mol. The van der Waals surface area contributed by atoms with Gasteiger partial charge in [-0.1, -0.05) is 46.3 Å². The standard InChI is InChI=1S/C17H17BrO2/c1-11-7-8-13(15(18)10-11)16(19)14-6-2-4-12-5-3-9-20-17(12)14/h2,4,6-8,10,16,19H,3,5,9H2,1H3. The van der Waals surface area contributed by atoms with Gasteiger partial charge in [0, 0.05) is 10.0 Å². The van der Waals surface area contributed by atoms with E-state index in [-0.39, 0.29) is 0 Å². The third-order valence-electron chi connectivity index (χ3n) is 3.71. The lowest BCUT2D eigenvalue weighted by molar-refractivity contribution is 0.206. The van der Waals surface area contributed by atoms with Gasteiger partial charge in [-0.3, -0.25) is 0 Å². The van der Waals surface area contributed by atoms with Crippen LogP contribution in [0.25, 0.3) is 0 Å². The summed E-state index contributed by atoms with van der Waals surface area (Å²) in [5, 5.41) is 10.7. The molecule has 2 aromatic rings. The molecule has 0 saturated carbocycles. The van der Waals surface area contributed by atoms with Crippen molar-refractivity contribution in [2.45, 2.75) is 25.9 Å². The first-order valence-corrected chi connectivity index (χ1v) is 7.65. The number of para-hydroxylation sites is 1. The highest BCUT2D eigenvalue weighted by atomic mass is 79.9. The van der Waals surface area contributed by atoms with Crippen LogP contribution in [0.2, 0.25) is 0 Å². The van der Waals surface area contributed by atoms with Crippen LogP contribution in [-0.2, 0) is 6.42 Å². The molecule has 2 nitrogen and oxygen atoms in total. The molecule has 1 heterocycles. The molecule has 0 aliphatic carbocycles. The highest BCUT2D eigenvalue weighted by molar-refractivity contribution is 9.10. The SMILES string of the molecule is Cc1ccc(C(O)c2cccc3c2OCCC3)c(Br)c1. The normalized spacial score (nSPS) is 15.3. The fourth-order valence-corrected chi connectivity index (χ4v) is 3.36. The van der Waals surface area contributed by atoms with Crippen LogP contribution in [0.5, 0.6) is 5.75 Å². The fourth-order valence-electron chi connectivity index (χ4n) is 2.65. The van der Waals surface area contributed by atoms with Crippen molar-refractivity contribution in [2.75, 3.05) is 6.61 Å². The van der Waals surface area contributed by atoms with Gasteiger partial charge in [-0.2, -0.15) is 0 Å². The van der Waals surface area contributed by atoms with Crippen molar-refractivity contribution in [3.05, 3.63) is 63.1 Å². The Morgan fingerprint density at radius 2 is 2.05 bits per heavy atom. The second-order valence-electron chi connectivity index (χ2n) is 5.22. The molecule has 3 rings (SSSR count). The Labute approximate surface area is 127 Å². The third-order valence-corrected chi connectivity index (χ3v) is 4.40. The van der Waals surface area contributed by atoms with E-state index < -0.39 is 6.10 Å². The number of ether oxygens (including phenoxy) is 1. The first-order valence-electron chi connectivity index (χ1n) is 6.85. The molecule has 20 heavy (non-hydrogen) atoms. The summed E-state index contributed by atoms with van der Waals surface area (Å²) in [6, 6.07) is 12.0. The number of halogens is 1. The Hall–Kier alpha value is -1.32. The summed E-state index contributed by atoms with van der Waals surface area (Å²) >= 11 is 3.54. The van der Waals surface area contributed by atoms with Gasteiger partial charge in [-0.05, 0) is 42.5 Å². The van der Waals surface area contributed by atoms with Gasteiger partial charge < -0.3 is 9.84 Å². The Morgan fingerprint density at radius 1 is 1.20 bits per heavy atom. The van der Waals surface area contributed by atoms with Gasteiger partial charge in [0.1, 0.15) is 11.9 Å². The van der Waals surface area contributed by atoms with Gasteiger partial charge in [-0.15, -0.1) is 0 Å². The molecular weight excluding hydrogens is 316 g/mol. The lowest BCUT2D eigenvalue weighted by atomic mass is 9.95. The fraction of sp³-hybridized carbons (Fsp3) is 0.294. The van der Waals surface area contributed by atoms with Crippen molar-refractivity contribution in [1.29, 1.82) is 0 Å². The molecule has 0 bridgehead atoms. The van der Waals surface area contributed by atoms with Crippen LogP contribution in [-0.4, -0.2) is 11.7 Å². The minimum Gasteiger partial charge on any atom is -0.493 e. The summed E-state index contributed by atoms with van der Waals surface area (Å²) in [7, 11) is 0. The molecule has 104 valence electrons. The average molecular weight is 333 g/mol. The van der Waals surface area contributed by atoms with Gasteiger partial charge >= 0.3 is 0 Å². The molecule has 0 amide bonds. The zero-order valence-electron chi connectivity index (χ0n) is 11.4. The van der Waals surface area contributed by atoms with Gasteiger partial charge in [0.25, 0.3) is 0 Å². The largest absolute Gasteiger partial charge is 0.493 e. The average Bonchev–Trinajstić information content (AvgIpc) is 2.46. The second-order valence-corrected chi connectivity index (χ2v) is 6.07. The number of fused-ring (bicyclic) bond motifs is 1. The van der Waals surface area contributed by atoms with Crippen LogP contribution in [0.4, 0.5) is 0 Å². The quantitative estimate of drug-likeness (QED) is 0.894. The van der Waals surface area contributed by atoms with Crippen molar-refractivity contribution < 1.29 is 9.84 Å². The van der Waals surface area contributed by atoms with Crippen LogP contribution in [0.3, 0.4) is 0 Å². The molecule has 0 spiro atoms. The van der Waals surface area contributed by atoms with E-state index in [1.165, 1.54) is 11.1 Å². The van der Waals surface area contributed by atoms with Crippen LogP contribution in [0, 0.1) is 6.92 Å². The number of hydrogen-bond donors (Lipinski definition) is 1. The highest BCUT2D eigenvalue weighted by Crippen LogP contribution is 2.37. The molecular formula is C17H17BrO2. The number of aryl methyl sites for hydroxylation is 2. The van der Waals surface area contributed by atoms with Crippen molar-refractivity contribution in [2.24, 2.45) is 0 Å². The van der Waals surface area contributed by atoms with Crippen molar-refractivity contribution in [3.63, 3.8) is 0 Å². The number of rotatable bonds is 2. The van der Waals surface area contributed by atoms with E-state index in [1.807, 2.05) is 37.3 Å². The summed E-state index contributed by atoms with van der Waals surface area (Å²) in [6.45, 7) is 2.76. The molecule has 0 fully saturated rings. The summed E-state index contributed by atoms with van der Waals surface area (Å²) in [4.78, 5) is 0. The van der Waals surface area contributed by atoms with Crippen molar-refractivity contribution in [3.8, 4) is 5.75 Å². The van der Waals surface area contributed by atoms with E-state index in [0.29, 0.717) is 0 Å². The number of aliphatic hydroxyl groups excluding tert-OH is 1. The molecule has 0 radical (unpaired) electrons. The van der Waals surface area contributed by atoms with E-state index >= 15 is 0 Å². The molecule has 1 aliphatic rings. The molecule has 0 aromatic heterocycles. The van der Waals surface area contributed by atoms with Crippen LogP contribution < -0.4 is 4.74 Å². The Balaban J connectivity index is 2.04. The molecule has 2 aromatic carbocycles. The second kappa shape index (κ2) is 5.58. The molecule has 1 aliphatic heterocycles. The highest BCUT2D eigenvalue weighted by Gasteiger charge is 2.22. The van der Waals surface area contributed by atoms with Crippen LogP contribution in [0.1, 0.15) is 34.8 Å². The van der Waals surface area contributed by atoms with Gasteiger partial charge in [0.15, 0.2) is 0 Å². The van der Waals surface area contributed by atoms with E-state index in [2.05, 4.69) is 22.0 Å². The predicted octanol–water partition coefficient (Wildman–Crippen LogP) is 4.16. The first-order chi connectivity index (χ1) is 9.66. The van der Waals surface area contributed by atoms with Crippen LogP contribution in [0.15, 0.2) is 40.9 Å². The number of aliphatic hydroxyl groups is 1. The maximum absolute atomic E-state index is 10.7. The minimum absolute atomic E-state index is 0.668. The van der Waals surface area contributed by atoms with Gasteiger partial charge in [0.2, 0.25) is 0 Å². The lowest BCUT2D eigenvalue weighted by Crippen LogP contribution is -2.12. The maximum atomic E-state index is 10.7. The van der Waals surface area contributed by atoms with Crippen molar-refractivity contribution in [1.82, 2.24) is 0 Å². The van der Waals surface area contributed by atoms with Gasteiger partial charge in [0.05, 0.1) is 6.61 Å². The predicted molar refractivity (Wildman–Crippen MR) is 83.2 cm³/mol. The van der Waals surface area contributed by atoms with Gasteiger partial charge in [-0.25, -0.2) is 0 Å². The molecule has 1 unspecified atom stereocenters. The molecule has 3 heteroatoms. The maximum Gasteiger partial charge on any atom is 0.128 e. The number of hydrogen-bond acceptors (Lipinski definition) is 2. The zero-order chi connectivity index (χ0) is 14.1. The summed E-state index contributed by atoms with van der Waals surface area (Å²) < 4.78 is 6.71. The molecule has 1 atom stereocenters. The van der Waals surface area contributed by atoms with Crippen LogP contribution >= 0.6 is 15.9 Å².